The molecule has 4 nitrogen and oxygen atoms in total. The number of nitrogens with one attached hydrogen (secondary N) is 1. The Morgan fingerprint density at radius 2 is 2.21 bits per heavy atom. The molecule has 0 bridgehead atoms. The van der Waals surface area contributed by atoms with Crippen molar-refractivity contribution in [2.24, 2.45) is 0 Å². The number of anilines is 1. The molecule has 0 saturated carbocycles. The first-order chi connectivity index (χ1) is 9.20. The second-order valence-corrected chi connectivity index (χ2v) is 5.74. The van der Waals surface area contributed by atoms with Crippen molar-refractivity contribution in [1.29, 1.82) is 0 Å². The molecule has 6 heteroatoms. The van der Waals surface area contributed by atoms with Crippen LogP contribution in [0.5, 0.6) is 0 Å². The van der Waals surface area contributed by atoms with Crippen LogP contribution in [0.15, 0.2) is 11.0 Å². The van der Waals surface area contributed by atoms with Crippen molar-refractivity contribution < 1.29 is 0 Å². The summed E-state index contributed by atoms with van der Waals surface area (Å²) in [4.78, 5) is 11.9. The molecule has 0 saturated heterocycles. The molecule has 1 rings (SSSR count). The molecule has 0 aliphatic carbocycles. The lowest BCUT2D eigenvalue weighted by Gasteiger charge is -2.09. The van der Waals surface area contributed by atoms with Crippen LogP contribution < -0.4 is 10.9 Å². The number of nitrogens with zero attached hydrogens (tertiary/aromatic N) is 2. The highest BCUT2D eigenvalue weighted by atomic mass is 35.5. The molecule has 1 aromatic rings. The van der Waals surface area contributed by atoms with Gasteiger partial charge in [0.05, 0.1) is 11.9 Å². The van der Waals surface area contributed by atoms with Crippen LogP contribution in [0.4, 0.5) is 5.69 Å². The Hall–Kier alpha value is -0.680. The van der Waals surface area contributed by atoms with E-state index in [1.54, 1.807) is 6.20 Å². The Kier molecular flexibility index (Phi) is 7.98. The lowest BCUT2D eigenvalue weighted by Crippen LogP contribution is -2.24. The van der Waals surface area contributed by atoms with E-state index >= 15 is 0 Å². The van der Waals surface area contributed by atoms with E-state index in [1.165, 1.54) is 23.3 Å². The first-order valence-corrected chi connectivity index (χ1v) is 8.46. The summed E-state index contributed by atoms with van der Waals surface area (Å²) < 4.78 is 1.41. The number of aromatic nitrogens is 2. The number of unbranched alkanes of at least 4 members (excludes halogenated alkanes) is 2. The van der Waals surface area contributed by atoms with Gasteiger partial charge in [0.2, 0.25) is 0 Å². The number of halogens is 1. The summed E-state index contributed by atoms with van der Waals surface area (Å²) in [5.41, 5.74) is 0.430. The third-order valence-corrected chi connectivity index (χ3v) is 3.82. The maximum atomic E-state index is 11.9. The van der Waals surface area contributed by atoms with E-state index < -0.39 is 0 Å². The second-order valence-electron chi connectivity index (χ2n) is 4.38. The summed E-state index contributed by atoms with van der Waals surface area (Å²) in [5, 5.41) is 7.54. The second kappa shape index (κ2) is 9.26. The maximum absolute atomic E-state index is 11.9. The zero-order chi connectivity index (χ0) is 14.1. The molecule has 19 heavy (non-hydrogen) atoms. The van der Waals surface area contributed by atoms with Crippen LogP contribution >= 0.6 is 23.4 Å². The van der Waals surface area contributed by atoms with Gasteiger partial charge in [0.15, 0.2) is 0 Å². The summed E-state index contributed by atoms with van der Waals surface area (Å²) in [5.74, 6) is 1.20. The zero-order valence-electron chi connectivity index (χ0n) is 11.6. The fraction of sp³-hybridized carbons (Fsp3) is 0.692. The fourth-order valence-electron chi connectivity index (χ4n) is 1.73. The highest BCUT2D eigenvalue weighted by Gasteiger charge is 2.07. The Morgan fingerprint density at radius 3 is 2.89 bits per heavy atom. The molecule has 0 amide bonds. The molecule has 1 aromatic heterocycles. The first kappa shape index (κ1) is 16.4. The Morgan fingerprint density at radius 1 is 1.42 bits per heavy atom. The van der Waals surface area contributed by atoms with Crippen LogP contribution in [0.3, 0.4) is 0 Å². The van der Waals surface area contributed by atoms with Crippen LogP contribution in [-0.2, 0) is 6.54 Å². The highest BCUT2D eigenvalue weighted by molar-refractivity contribution is 7.98. The SMILES string of the molecule is CCCn1ncc(NCCCCCSC)c(Cl)c1=O. The molecular weight excluding hydrogens is 282 g/mol. The zero-order valence-corrected chi connectivity index (χ0v) is 13.2. The summed E-state index contributed by atoms with van der Waals surface area (Å²) in [6, 6.07) is 0. The van der Waals surface area contributed by atoms with Gasteiger partial charge in [0.25, 0.3) is 5.56 Å². The van der Waals surface area contributed by atoms with Crippen LogP contribution in [0.25, 0.3) is 0 Å². The van der Waals surface area contributed by atoms with Crippen molar-refractivity contribution in [3.63, 3.8) is 0 Å². The minimum absolute atomic E-state index is 0.212. The number of hydrogen-bond acceptors (Lipinski definition) is 4. The summed E-state index contributed by atoms with van der Waals surface area (Å²) in [6.45, 7) is 3.43. The lowest BCUT2D eigenvalue weighted by atomic mass is 10.2. The van der Waals surface area contributed by atoms with Gasteiger partial charge in [0.1, 0.15) is 5.02 Å². The quantitative estimate of drug-likeness (QED) is 0.711. The number of rotatable bonds is 9. The maximum Gasteiger partial charge on any atom is 0.287 e. The third kappa shape index (κ3) is 5.45. The lowest BCUT2D eigenvalue weighted by molar-refractivity contribution is 0.568. The smallest absolute Gasteiger partial charge is 0.287 e. The predicted octanol–water partition coefficient (Wildman–Crippen LogP) is 3.25. The predicted molar refractivity (Wildman–Crippen MR) is 84.5 cm³/mol. The largest absolute Gasteiger partial charge is 0.382 e. The van der Waals surface area contributed by atoms with E-state index in [1.807, 2.05) is 18.7 Å². The minimum atomic E-state index is -0.212. The van der Waals surface area contributed by atoms with E-state index in [4.69, 9.17) is 11.6 Å². The van der Waals surface area contributed by atoms with Crippen molar-refractivity contribution in [3.05, 3.63) is 21.6 Å². The molecule has 108 valence electrons. The van der Waals surface area contributed by atoms with Gasteiger partial charge in [-0.15, -0.1) is 0 Å². The molecule has 0 radical (unpaired) electrons. The van der Waals surface area contributed by atoms with Gasteiger partial charge in [0, 0.05) is 13.1 Å². The van der Waals surface area contributed by atoms with E-state index in [0.29, 0.717) is 12.2 Å². The molecule has 0 fully saturated rings. The van der Waals surface area contributed by atoms with E-state index in [2.05, 4.69) is 16.7 Å². The van der Waals surface area contributed by atoms with Crippen LogP contribution in [0, 0.1) is 0 Å². The number of thioether (sulfide) groups is 1. The Labute approximate surface area is 123 Å². The molecule has 1 heterocycles. The van der Waals surface area contributed by atoms with Gasteiger partial charge in [-0.25, -0.2) is 4.68 Å². The summed E-state index contributed by atoms with van der Waals surface area (Å²) in [6.07, 6.45) is 8.12. The van der Waals surface area contributed by atoms with Gasteiger partial charge in [-0.1, -0.05) is 24.9 Å². The van der Waals surface area contributed by atoms with Gasteiger partial charge in [-0.3, -0.25) is 4.79 Å². The van der Waals surface area contributed by atoms with Crippen molar-refractivity contribution >= 4 is 29.1 Å². The third-order valence-electron chi connectivity index (χ3n) is 2.76. The van der Waals surface area contributed by atoms with Gasteiger partial charge >= 0.3 is 0 Å². The highest BCUT2D eigenvalue weighted by Crippen LogP contribution is 2.15. The first-order valence-electron chi connectivity index (χ1n) is 6.69. The van der Waals surface area contributed by atoms with Crippen LogP contribution in [-0.4, -0.2) is 28.3 Å². The monoisotopic (exact) mass is 303 g/mol. The Balaban J connectivity index is 2.46. The van der Waals surface area contributed by atoms with Gasteiger partial charge in [-0.2, -0.15) is 16.9 Å². The topological polar surface area (TPSA) is 46.9 Å². The van der Waals surface area contributed by atoms with Crippen molar-refractivity contribution in [2.45, 2.75) is 39.2 Å². The summed E-state index contributed by atoms with van der Waals surface area (Å²) >= 11 is 7.93. The molecular formula is C13H22ClN3OS. The van der Waals surface area contributed by atoms with Gasteiger partial charge < -0.3 is 5.32 Å². The van der Waals surface area contributed by atoms with E-state index in [9.17, 15) is 4.79 Å². The molecule has 0 unspecified atom stereocenters. The average molecular weight is 304 g/mol. The summed E-state index contributed by atoms with van der Waals surface area (Å²) in [7, 11) is 0. The molecule has 0 aliphatic heterocycles. The number of aryl methyl sites for hydroxylation is 1. The van der Waals surface area contributed by atoms with Crippen LogP contribution in [0.2, 0.25) is 5.02 Å². The molecule has 1 N–H and O–H groups in total. The molecule has 0 aliphatic rings. The normalized spacial score (nSPS) is 10.7. The van der Waals surface area contributed by atoms with Crippen molar-refractivity contribution in [1.82, 2.24) is 9.78 Å². The van der Waals surface area contributed by atoms with E-state index in [0.717, 1.165) is 19.4 Å². The van der Waals surface area contributed by atoms with E-state index in [-0.39, 0.29) is 10.6 Å². The van der Waals surface area contributed by atoms with Crippen molar-refractivity contribution in [2.75, 3.05) is 23.9 Å². The van der Waals surface area contributed by atoms with Crippen LogP contribution in [0.1, 0.15) is 32.6 Å². The number of hydrogen-bond donors (Lipinski definition) is 1. The molecule has 0 atom stereocenters. The van der Waals surface area contributed by atoms with Crippen molar-refractivity contribution in [3.8, 4) is 0 Å². The fourth-order valence-corrected chi connectivity index (χ4v) is 2.44. The average Bonchev–Trinajstić information content (AvgIpc) is 2.41. The molecule has 0 spiro atoms. The Bertz CT molecular complexity index is 436. The minimum Gasteiger partial charge on any atom is -0.382 e. The molecule has 0 aromatic carbocycles. The van der Waals surface area contributed by atoms with Gasteiger partial charge in [-0.05, 0) is 31.3 Å². The standard InChI is InChI=1S/C13H22ClN3OS/c1-3-8-17-13(18)12(14)11(10-16-17)15-7-5-4-6-9-19-2/h10,15H,3-9H2,1-2H3.